The highest BCUT2D eigenvalue weighted by atomic mass is 16.5. The molecular formula is C16H18N2O3. The summed E-state index contributed by atoms with van der Waals surface area (Å²) in [4.78, 5) is 11.9. The smallest absolute Gasteiger partial charge is 0.251 e. The number of rotatable bonds is 6. The molecule has 0 fully saturated rings. The molecule has 0 aromatic heterocycles. The van der Waals surface area contributed by atoms with Gasteiger partial charge in [0.15, 0.2) is 0 Å². The number of methoxy groups -OCH3 is 1. The lowest BCUT2D eigenvalue weighted by Gasteiger charge is -2.10. The van der Waals surface area contributed by atoms with Gasteiger partial charge in [-0.2, -0.15) is 0 Å². The third-order valence-corrected chi connectivity index (χ3v) is 2.90. The van der Waals surface area contributed by atoms with E-state index in [4.69, 9.17) is 15.2 Å². The Labute approximate surface area is 123 Å². The highest BCUT2D eigenvalue weighted by molar-refractivity contribution is 5.94. The maximum Gasteiger partial charge on any atom is 0.251 e. The molecule has 0 spiro atoms. The average Bonchev–Trinajstić information content (AvgIpc) is 2.53. The highest BCUT2D eigenvalue weighted by Crippen LogP contribution is 2.19. The number of hydrogen-bond acceptors (Lipinski definition) is 4. The molecule has 0 aliphatic rings. The largest absolute Gasteiger partial charge is 0.497 e. The van der Waals surface area contributed by atoms with E-state index in [9.17, 15) is 4.79 Å². The minimum Gasteiger partial charge on any atom is -0.497 e. The molecule has 2 rings (SSSR count). The van der Waals surface area contributed by atoms with Crippen molar-refractivity contribution in [2.45, 2.75) is 0 Å². The van der Waals surface area contributed by atoms with Crippen LogP contribution in [0, 0.1) is 0 Å². The van der Waals surface area contributed by atoms with Crippen molar-refractivity contribution in [3.05, 3.63) is 54.1 Å². The minimum atomic E-state index is -0.168. The van der Waals surface area contributed by atoms with Gasteiger partial charge in [-0.25, -0.2) is 0 Å². The molecule has 0 unspecified atom stereocenters. The van der Waals surface area contributed by atoms with Crippen molar-refractivity contribution in [1.29, 1.82) is 0 Å². The third kappa shape index (κ3) is 4.14. The molecule has 0 bridgehead atoms. The number of anilines is 1. The van der Waals surface area contributed by atoms with Crippen LogP contribution in [0.2, 0.25) is 0 Å². The van der Waals surface area contributed by atoms with Gasteiger partial charge in [0.2, 0.25) is 0 Å². The summed E-state index contributed by atoms with van der Waals surface area (Å²) in [5.41, 5.74) is 6.89. The van der Waals surface area contributed by atoms with Gasteiger partial charge in [0.05, 0.1) is 19.3 Å². The Kier molecular flexibility index (Phi) is 5.04. The van der Waals surface area contributed by atoms with Crippen LogP contribution >= 0.6 is 0 Å². The predicted molar refractivity (Wildman–Crippen MR) is 81.7 cm³/mol. The first-order valence-electron chi connectivity index (χ1n) is 6.60. The molecule has 3 N–H and O–H groups in total. The molecular weight excluding hydrogens is 268 g/mol. The Bertz CT molecular complexity index is 614. The van der Waals surface area contributed by atoms with Gasteiger partial charge in [-0.3, -0.25) is 4.79 Å². The number of para-hydroxylation sites is 2. The molecule has 2 aromatic carbocycles. The van der Waals surface area contributed by atoms with Crippen molar-refractivity contribution in [2.75, 3.05) is 26.0 Å². The van der Waals surface area contributed by atoms with Gasteiger partial charge < -0.3 is 20.5 Å². The lowest BCUT2D eigenvalue weighted by atomic mass is 10.2. The molecule has 2 aromatic rings. The van der Waals surface area contributed by atoms with E-state index in [1.54, 1.807) is 43.5 Å². The zero-order valence-corrected chi connectivity index (χ0v) is 11.8. The van der Waals surface area contributed by atoms with Crippen LogP contribution in [0.15, 0.2) is 48.5 Å². The summed E-state index contributed by atoms with van der Waals surface area (Å²) in [5.74, 6) is 1.10. The zero-order valence-electron chi connectivity index (χ0n) is 11.8. The number of nitrogen functional groups attached to an aromatic ring is 1. The fraction of sp³-hybridized carbons (Fsp3) is 0.188. The molecule has 0 aliphatic heterocycles. The Morgan fingerprint density at radius 3 is 2.76 bits per heavy atom. The fourth-order valence-corrected chi connectivity index (χ4v) is 1.80. The lowest BCUT2D eigenvalue weighted by molar-refractivity contribution is 0.0946. The number of ether oxygens (including phenoxy) is 2. The first-order valence-corrected chi connectivity index (χ1v) is 6.60. The molecule has 0 radical (unpaired) electrons. The van der Waals surface area contributed by atoms with Crippen LogP contribution in [0.4, 0.5) is 5.69 Å². The summed E-state index contributed by atoms with van der Waals surface area (Å²) in [6.45, 7) is 0.744. The number of hydrogen-bond donors (Lipinski definition) is 2. The molecule has 5 nitrogen and oxygen atoms in total. The molecule has 1 amide bonds. The SMILES string of the molecule is COc1cccc(C(=O)NCCOc2ccccc2N)c1. The minimum absolute atomic E-state index is 0.168. The van der Waals surface area contributed by atoms with E-state index in [-0.39, 0.29) is 5.91 Å². The van der Waals surface area contributed by atoms with Gasteiger partial charge in [0.1, 0.15) is 18.1 Å². The second kappa shape index (κ2) is 7.19. The lowest BCUT2D eigenvalue weighted by Crippen LogP contribution is -2.28. The fourth-order valence-electron chi connectivity index (χ4n) is 1.80. The Balaban J connectivity index is 1.80. The van der Waals surface area contributed by atoms with E-state index in [2.05, 4.69) is 5.32 Å². The molecule has 21 heavy (non-hydrogen) atoms. The van der Waals surface area contributed by atoms with Crippen molar-refractivity contribution in [3.8, 4) is 11.5 Å². The van der Waals surface area contributed by atoms with Crippen LogP contribution in [0.3, 0.4) is 0 Å². The number of carbonyl (C=O) groups is 1. The summed E-state index contributed by atoms with van der Waals surface area (Å²) in [6.07, 6.45) is 0. The van der Waals surface area contributed by atoms with Gasteiger partial charge >= 0.3 is 0 Å². The van der Waals surface area contributed by atoms with Gasteiger partial charge in [-0.15, -0.1) is 0 Å². The average molecular weight is 286 g/mol. The molecule has 0 heterocycles. The summed E-state index contributed by atoms with van der Waals surface area (Å²) in [7, 11) is 1.56. The molecule has 0 atom stereocenters. The monoisotopic (exact) mass is 286 g/mol. The summed E-state index contributed by atoms with van der Waals surface area (Å²) in [5, 5.41) is 2.78. The van der Waals surface area contributed by atoms with Crippen LogP contribution in [0.25, 0.3) is 0 Å². The van der Waals surface area contributed by atoms with Crippen molar-refractivity contribution in [3.63, 3.8) is 0 Å². The number of nitrogens with two attached hydrogens (primary N) is 1. The Morgan fingerprint density at radius 1 is 1.19 bits per heavy atom. The van der Waals surface area contributed by atoms with Gasteiger partial charge in [0.25, 0.3) is 5.91 Å². The first kappa shape index (κ1) is 14.7. The van der Waals surface area contributed by atoms with Gasteiger partial charge in [-0.1, -0.05) is 18.2 Å². The normalized spacial score (nSPS) is 9.95. The number of carbonyl (C=O) groups excluding carboxylic acids is 1. The Morgan fingerprint density at radius 2 is 2.00 bits per heavy atom. The molecule has 5 heteroatoms. The highest BCUT2D eigenvalue weighted by Gasteiger charge is 2.06. The topological polar surface area (TPSA) is 73.6 Å². The van der Waals surface area contributed by atoms with Crippen LogP contribution in [-0.2, 0) is 0 Å². The van der Waals surface area contributed by atoms with Crippen molar-refractivity contribution >= 4 is 11.6 Å². The summed E-state index contributed by atoms with van der Waals surface area (Å²) >= 11 is 0. The van der Waals surface area contributed by atoms with E-state index in [1.807, 2.05) is 12.1 Å². The second-order valence-electron chi connectivity index (χ2n) is 4.37. The van der Waals surface area contributed by atoms with Gasteiger partial charge in [-0.05, 0) is 30.3 Å². The summed E-state index contributed by atoms with van der Waals surface area (Å²) < 4.78 is 10.6. The van der Waals surface area contributed by atoms with Gasteiger partial charge in [0, 0.05) is 5.56 Å². The maximum absolute atomic E-state index is 11.9. The second-order valence-corrected chi connectivity index (χ2v) is 4.37. The number of benzene rings is 2. The quantitative estimate of drug-likeness (QED) is 0.630. The van der Waals surface area contributed by atoms with Crippen LogP contribution in [-0.4, -0.2) is 26.2 Å². The van der Waals surface area contributed by atoms with E-state index in [0.29, 0.717) is 35.9 Å². The van der Waals surface area contributed by atoms with E-state index >= 15 is 0 Å². The Hall–Kier alpha value is -2.69. The molecule has 110 valence electrons. The first-order chi connectivity index (χ1) is 10.2. The molecule has 0 aliphatic carbocycles. The zero-order chi connectivity index (χ0) is 15.1. The van der Waals surface area contributed by atoms with Crippen molar-refractivity contribution < 1.29 is 14.3 Å². The summed E-state index contributed by atoms with van der Waals surface area (Å²) in [6, 6.07) is 14.2. The van der Waals surface area contributed by atoms with Crippen LogP contribution in [0.1, 0.15) is 10.4 Å². The number of amides is 1. The number of nitrogens with one attached hydrogen (secondary N) is 1. The van der Waals surface area contributed by atoms with E-state index < -0.39 is 0 Å². The van der Waals surface area contributed by atoms with Crippen LogP contribution in [0.5, 0.6) is 11.5 Å². The van der Waals surface area contributed by atoms with E-state index in [1.165, 1.54) is 0 Å². The standard InChI is InChI=1S/C16H18N2O3/c1-20-13-6-4-5-12(11-13)16(19)18-9-10-21-15-8-3-2-7-14(15)17/h2-8,11H,9-10,17H2,1H3,(H,18,19). The van der Waals surface area contributed by atoms with Crippen LogP contribution < -0.4 is 20.5 Å². The maximum atomic E-state index is 11.9. The molecule has 0 saturated heterocycles. The van der Waals surface area contributed by atoms with E-state index in [0.717, 1.165) is 0 Å². The molecule has 0 saturated carbocycles. The third-order valence-electron chi connectivity index (χ3n) is 2.90. The van der Waals surface area contributed by atoms with Crippen molar-refractivity contribution in [1.82, 2.24) is 5.32 Å². The van der Waals surface area contributed by atoms with Crippen molar-refractivity contribution in [2.24, 2.45) is 0 Å². The predicted octanol–water partition coefficient (Wildman–Crippen LogP) is 2.09.